The number of methoxy groups -OCH3 is 2. The second-order valence-corrected chi connectivity index (χ2v) is 6.64. The summed E-state index contributed by atoms with van der Waals surface area (Å²) < 4.78 is 16.1. The molecule has 6 nitrogen and oxygen atoms in total. The van der Waals surface area contributed by atoms with Crippen molar-refractivity contribution in [2.75, 3.05) is 26.1 Å². The van der Waals surface area contributed by atoms with E-state index in [1.165, 1.54) is 0 Å². The van der Waals surface area contributed by atoms with E-state index in [1.54, 1.807) is 38.5 Å². The molecule has 1 aliphatic rings. The molecule has 0 radical (unpaired) electrons. The Bertz CT molecular complexity index is 868. The highest BCUT2D eigenvalue weighted by atomic mass is 16.5. The molecule has 0 bridgehead atoms. The van der Waals surface area contributed by atoms with Gasteiger partial charge in [-0.2, -0.15) is 0 Å². The van der Waals surface area contributed by atoms with Crippen molar-refractivity contribution >= 4 is 17.4 Å². The summed E-state index contributed by atoms with van der Waals surface area (Å²) in [4.78, 5) is 24.6. The maximum absolute atomic E-state index is 12.3. The Hall–Kier alpha value is -3.02. The second kappa shape index (κ2) is 7.70. The van der Waals surface area contributed by atoms with Crippen LogP contribution in [0.15, 0.2) is 30.3 Å². The van der Waals surface area contributed by atoms with Gasteiger partial charge in [0.15, 0.2) is 12.4 Å². The van der Waals surface area contributed by atoms with Gasteiger partial charge in [0.1, 0.15) is 17.2 Å². The van der Waals surface area contributed by atoms with Gasteiger partial charge in [-0.3, -0.25) is 9.59 Å². The number of ketones is 1. The summed E-state index contributed by atoms with van der Waals surface area (Å²) in [6, 6.07) is 8.78. The van der Waals surface area contributed by atoms with E-state index >= 15 is 0 Å². The van der Waals surface area contributed by atoms with Gasteiger partial charge in [-0.1, -0.05) is 13.0 Å². The molecule has 27 heavy (non-hydrogen) atoms. The molecule has 2 aromatic carbocycles. The van der Waals surface area contributed by atoms with Crippen LogP contribution in [0, 0.1) is 6.92 Å². The van der Waals surface area contributed by atoms with E-state index < -0.39 is 0 Å². The van der Waals surface area contributed by atoms with Crippen molar-refractivity contribution in [3.05, 3.63) is 47.0 Å². The lowest BCUT2D eigenvalue weighted by Gasteiger charge is -2.14. The maximum Gasteiger partial charge on any atom is 0.262 e. The van der Waals surface area contributed by atoms with E-state index in [-0.39, 0.29) is 24.2 Å². The zero-order chi connectivity index (χ0) is 19.6. The van der Waals surface area contributed by atoms with Crippen molar-refractivity contribution < 1.29 is 23.8 Å². The second-order valence-electron chi connectivity index (χ2n) is 6.64. The van der Waals surface area contributed by atoms with Crippen LogP contribution in [0.4, 0.5) is 5.69 Å². The molecule has 142 valence electrons. The Labute approximate surface area is 158 Å². The van der Waals surface area contributed by atoms with Crippen LogP contribution >= 0.6 is 0 Å². The van der Waals surface area contributed by atoms with Gasteiger partial charge in [0, 0.05) is 30.3 Å². The third-order valence-corrected chi connectivity index (χ3v) is 4.68. The number of nitrogens with one attached hydrogen (secondary N) is 1. The van der Waals surface area contributed by atoms with Crippen molar-refractivity contribution in [1.82, 2.24) is 0 Å². The van der Waals surface area contributed by atoms with Crippen LogP contribution in [0.2, 0.25) is 0 Å². The molecule has 0 saturated carbocycles. The lowest BCUT2D eigenvalue weighted by molar-refractivity contribution is -0.118. The van der Waals surface area contributed by atoms with Crippen LogP contribution in [0.25, 0.3) is 0 Å². The van der Waals surface area contributed by atoms with Crippen LogP contribution in [-0.2, 0) is 4.79 Å². The first-order valence-electron chi connectivity index (χ1n) is 8.75. The fourth-order valence-electron chi connectivity index (χ4n) is 3.45. The maximum atomic E-state index is 12.3. The smallest absolute Gasteiger partial charge is 0.262 e. The van der Waals surface area contributed by atoms with Crippen LogP contribution in [0.1, 0.15) is 40.7 Å². The van der Waals surface area contributed by atoms with Gasteiger partial charge in [-0.25, -0.2) is 0 Å². The molecule has 0 aromatic heterocycles. The molecule has 0 spiro atoms. The fraction of sp³-hybridized carbons (Fsp3) is 0.333. The molecule has 0 saturated heterocycles. The number of carbonyl (C=O) groups is 2. The molecular formula is C21H23NO5. The number of hydrogen-bond acceptors (Lipinski definition) is 5. The van der Waals surface area contributed by atoms with Crippen molar-refractivity contribution in [3.63, 3.8) is 0 Å². The summed E-state index contributed by atoms with van der Waals surface area (Å²) in [5.41, 5.74) is 3.25. The van der Waals surface area contributed by atoms with Crippen LogP contribution in [0.3, 0.4) is 0 Å². The number of carbonyl (C=O) groups excluding carboxylic acids is 2. The van der Waals surface area contributed by atoms with Gasteiger partial charge in [0.05, 0.1) is 19.8 Å². The van der Waals surface area contributed by atoms with Crippen LogP contribution in [0.5, 0.6) is 17.2 Å². The number of fused-ring (bicyclic) bond motifs is 1. The Morgan fingerprint density at radius 2 is 1.81 bits per heavy atom. The lowest BCUT2D eigenvalue weighted by Crippen LogP contribution is -2.21. The molecule has 1 N–H and O–H groups in total. The number of hydrogen-bond donors (Lipinski definition) is 1. The van der Waals surface area contributed by atoms with Crippen molar-refractivity contribution in [2.45, 2.75) is 26.2 Å². The summed E-state index contributed by atoms with van der Waals surface area (Å²) in [5, 5.41) is 2.75. The van der Waals surface area contributed by atoms with Gasteiger partial charge < -0.3 is 19.5 Å². The SMILES string of the molecule is COc1cc(NC(=O)COc2ccc(C)c3c2C(=O)C[C@@H]3C)cc(OC)c1. The van der Waals surface area contributed by atoms with Crippen LogP contribution < -0.4 is 19.5 Å². The Morgan fingerprint density at radius 1 is 1.15 bits per heavy atom. The fourth-order valence-corrected chi connectivity index (χ4v) is 3.45. The molecule has 3 rings (SSSR count). The topological polar surface area (TPSA) is 73.9 Å². The number of aryl methyl sites for hydroxylation is 1. The van der Waals surface area contributed by atoms with Gasteiger partial charge in [0.2, 0.25) is 0 Å². The monoisotopic (exact) mass is 369 g/mol. The number of benzene rings is 2. The summed E-state index contributed by atoms with van der Waals surface area (Å²) >= 11 is 0. The molecule has 0 fully saturated rings. The molecule has 1 amide bonds. The molecule has 1 aliphatic carbocycles. The predicted octanol–water partition coefficient (Wildman–Crippen LogP) is 3.72. The summed E-state index contributed by atoms with van der Waals surface area (Å²) in [6.45, 7) is 3.82. The predicted molar refractivity (Wildman–Crippen MR) is 102 cm³/mol. The van der Waals surface area contributed by atoms with E-state index in [4.69, 9.17) is 14.2 Å². The highest BCUT2D eigenvalue weighted by Gasteiger charge is 2.31. The van der Waals surface area contributed by atoms with Gasteiger partial charge in [-0.15, -0.1) is 0 Å². The largest absolute Gasteiger partial charge is 0.497 e. The van der Waals surface area contributed by atoms with Gasteiger partial charge in [0.25, 0.3) is 5.91 Å². The van der Waals surface area contributed by atoms with Gasteiger partial charge in [-0.05, 0) is 30.0 Å². The number of anilines is 1. The first-order valence-corrected chi connectivity index (χ1v) is 8.75. The zero-order valence-corrected chi connectivity index (χ0v) is 15.9. The van der Waals surface area contributed by atoms with E-state index in [1.807, 2.05) is 19.9 Å². The van der Waals surface area contributed by atoms with E-state index in [0.717, 1.165) is 11.1 Å². The van der Waals surface area contributed by atoms with Crippen molar-refractivity contribution in [2.24, 2.45) is 0 Å². The van der Waals surface area contributed by atoms with Crippen molar-refractivity contribution in [3.8, 4) is 17.2 Å². The summed E-state index contributed by atoms with van der Waals surface area (Å²) in [6.07, 6.45) is 0.479. The minimum Gasteiger partial charge on any atom is -0.497 e. The number of rotatable bonds is 6. The standard InChI is InChI=1S/C21H23NO5/c1-12-5-6-18(21-17(23)7-13(2)20(12)21)27-11-19(24)22-14-8-15(25-3)10-16(9-14)26-4/h5-6,8-10,13H,7,11H2,1-4H3,(H,22,24)/t13-/m0/s1. The lowest BCUT2D eigenvalue weighted by atomic mass is 9.97. The number of Topliss-reactive ketones (excluding diaryl/α,β-unsaturated/α-hetero) is 1. The molecule has 0 aliphatic heterocycles. The van der Waals surface area contributed by atoms with E-state index in [9.17, 15) is 9.59 Å². The zero-order valence-electron chi connectivity index (χ0n) is 15.9. The van der Waals surface area contributed by atoms with E-state index in [2.05, 4.69) is 5.32 Å². The third-order valence-electron chi connectivity index (χ3n) is 4.68. The molecule has 1 atom stereocenters. The molecule has 2 aromatic rings. The third kappa shape index (κ3) is 3.89. The minimum atomic E-state index is -0.335. The average Bonchev–Trinajstić information content (AvgIpc) is 2.96. The first kappa shape index (κ1) is 18.8. The quantitative estimate of drug-likeness (QED) is 0.840. The number of ether oxygens (including phenoxy) is 3. The first-order chi connectivity index (χ1) is 12.9. The normalized spacial score (nSPS) is 15.3. The Balaban J connectivity index is 1.72. The average molecular weight is 369 g/mol. The highest BCUT2D eigenvalue weighted by Crippen LogP contribution is 2.40. The molecule has 0 heterocycles. The summed E-state index contributed by atoms with van der Waals surface area (Å²) in [7, 11) is 3.08. The Kier molecular flexibility index (Phi) is 5.35. The minimum absolute atomic E-state index is 0.0640. The number of amides is 1. The molecule has 0 unspecified atom stereocenters. The molecular weight excluding hydrogens is 346 g/mol. The van der Waals surface area contributed by atoms with Crippen LogP contribution in [-0.4, -0.2) is 32.5 Å². The van der Waals surface area contributed by atoms with E-state index in [0.29, 0.717) is 34.9 Å². The van der Waals surface area contributed by atoms with Gasteiger partial charge >= 0.3 is 0 Å². The van der Waals surface area contributed by atoms with Crippen molar-refractivity contribution in [1.29, 1.82) is 0 Å². The Morgan fingerprint density at radius 3 is 2.44 bits per heavy atom. The highest BCUT2D eigenvalue weighted by molar-refractivity contribution is 6.04. The molecule has 6 heteroatoms. The summed E-state index contributed by atoms with van der Waals surface area (Å²) in [5.74, 6) is 1.51.